The van der Waals surface area contributed by atoms with E-state index in [2.05, 4.69) is 41.2 Å². The van der Waals surface area contributed by atoms with Crippen molar-refractivity contribution >= 4 is 21.9 Å². The van der Waals surface area contributed by atoms with Crippen molar-refractivity contribution in [1.29, 1.82) is 0 Å². The van der Waals surface area contributed by atoms with E-state index in [1.807, 2.05) is 0 Å². The molecule has 2 N–H and O–H groups in total. The molecule has 6 nitrogen and oxygen atoms in total. The Morgan fingerprint density at radius 3 is 2.80 bits per heavy atom. The van der Waals surface area contributed by atoms with Gasteiger partial charge in [-0.1, -0.05) is 15.9 Å². The first-order valence-electron chi connectivity index (χ1n) is 8.06. The molecule has 1 aliphatic rings. The molecule has 9 heteroatoms. The topological polar surface area (TPSA) is 58.1 Å². The van der Waals surface area contributed by atoms with E-state index < -0.39 is 6.61 Å². The minimum absolute atomic E-state index is 0.148. The molecule has 1 fully saturated rings. The summed E-state index contributed by atoms with van der Waals surface area (Å²) in [5.41, 5.74) is 0.616. The zero-order chi connectivity index (χ0) is 18.1. The Morgan fingerprint density at radius 2 is 2.12 bits per heavy atom. The molecule has 0 aromatic heterocycles. The first kappa shape index (κ1) is 19.9. The van der Waals surface area contributed by atoms with Crippen LogP contribution in [0, 0.1) is 0 Å². The van der Waals surface area contributed by atoms with Crippen molar-refractivity contribution in [2.24, 2.45) is 4.99 Å². The predicted molar refractivity (Wildman–Crippen MR) is 96.2 cm³/mol. The minimum Gasteiger partial charge on any atom is -0.434 e. The molecule has 1 saturated heterocycles. The Morgan fingerprint density at radius 1 is 1.36 bits per heavy atom. The number of hydrogen-bond donors (Lipinski definition) is 2. The SMILES string of the molecule is CN=C(NCCN1CCOCC1)NCc1cc(Br)ccc1OC(F)F. The summed E-state index contributed by atoms with van der Waals surface area (Å²) in [6.07, 6.45) is 0. The molecule has 1 aromatic rings. The summed E-state index contributed by atoms with van der Waals surface area (Å²) in [5, 5.41) is 6.33. The van der Waals surface area contributed by atoms with Gasteiger partial charge in [0.25, 0.3) is 0 Å². The molecular weight excluding hydrogens is 398 g/mol. The average Bonchev–Trinajstić information content (AvgIpc) is 2.60. The standard InChI is InChI=1S/C16H23BrF2N4O2/c1-20-16(21-4-5-23-6-8-24-9-7-23)22-11-12-10-13(17)2-3-14(12)25-15(18)19/h2-3,10,15H,4-9,11H2,1H3,(H2,20,21,22). The molecule has 1 aromatic carbocycles. The summed E-state index contributed by atoms with van der Waals surface area (Å²) in [4.78, 5) is 6.46. The third kappa shape index (κ3) is 7.13. The van der Waals surface area contributed by atoms with Crippen LogP contribution >= 0.6 is 15.9 Å². The number of guanidine groups is 1. The lowest BCUT2D eigenvalue weighted by molar-refractivity contribution is -0.0504. The van der Waals surface area contributed by atoms with Crippen LogP contribution in [-0.2, 0) is 11.3 Å². The molecule has 0 bridgehead atoms. The highest BCUT2D eigenvalue weighted by atomic mass is 79.9. The van der Waals surface area contributed by atoms with Crippen molar-refractivity contribution < 1.29 is 18.3 Å². The number of benzene rings is 1. The summed E-state index contributed by atoms with van der Waals surface area (Å²) >= 11 is 3.34. The van der Waals surface area contributed by atoms with E-state index in [9.17, 15) is 8.78 Å². The lowest BCUT2D eigenvalue weighted by atomic mass is 10.2. The fourth-order valence-electron chi connectivity index (χ4n) is 2.45. The van der Waals surface area contributed by atoms with Crippen LogP contribution in [0.3, 0.4) is 0 Å². The Labute approximate surface area is 154 Å². The smallest absolute Gasteiger partial charge is 0.387 e. The zero-order valence-electron chi connectivity index (χ0n) is 14.1. The number of ether oxygens (including phenoxy) is 2. The maximum absolute atomic E-state index is 12.5. The van der Waals surface area contributed by atoms with Gasteiger partial charge < -0.3 is 20.1 Å². The molecule has 1 heterocycles. The first-order valence-corrected chi connectivity index (χ1v) is 8.85. The number of alkyl halides is 2. The van der Waals surface area contributed by atoms with Crippen molar-refractivity contribution in [3.63, 3.8) is 0 Å². The average molecular weight is 421 g/mol. The van der Waals surface area contributed by atoms with Crippen LogP contribution in [0.25, 0.3) is 0 Å². The van der Waals surface area contributed by atoms with Crippen LogP contribution in [0.5, 0.6) is 5.75 Å². The van der Waals surface area contributed by atoms with Gasteiger partial charge in [-0.15, -0.1) is 0 Å². The van der Waals surface area contributed by atoms with Crippen molar-refractivity contribution in [3.05, 3.63) is 28.2 Å². The van der Waals surface area contributed by atoms with Gasteiger partial charge in [0.2, 0.25) is 0 Å². The van der Waals surface area contributed by atoms with Crippen LogP contribution in [0.4, 0.5) is 8.78 Å². The molecule has 25 heavy (non-hydrogen) atoms. The number of halogens is 3. The summed E-state index contributed by atoms with van der Waals surface area (Å²) in [6.45, 7) is 2.48. The Balaban J connectivity index is 1.82. The van der Waals surface area contributed by atoms with Crippen molar-refractivity contribution in [2.75, 3.05) is 46.4 Å². The van der Waals surface area contributed by atoms with Gasteiger partial charge in [0, 0.05) is 49.8 Å². The second-order valence-electron chi connectivity index (χ2n) is 5.44. The number of morpholine rings is 1. The van der Waals surface area contributed by atoms with Crippen LogP contribution in [0.15, 0.2) is 27.7 Å². The monoisotopic (exact) mass is 420 g/mol. The van der Waals surface area contributed by atoms with E-state index in [1.54, 1.807) is 19.2 Å². The molecule has 2 rings (SSSR count). The number of nitrogens with one attached hydrogen (secondary N) is 2. The molecule has 0 aliphatic carbocycles. The molecule has 0 spiro atoms. The zero-order valence-corrected chi connectivity index (χ0v) is 15.7. The van der Waals surface area contributed by atoms with Gasteiger partial charge in [0.05, 0.1) is 13.2 Å². The fraction of sp³-hybridized carbons (Fsp3) is 0.562. The predicted octanol–water partition coefficient (Wildman–Crippen LogP) is 2.05. The highest BCUT2D eigenvalue weighted by molar-refractivity contribution is 9.10. The summed E-state index contributed by atoms with van der Waals surface area (Å²) in [7, 11) is 1.67. The maximum Gasteiger partial charge on any atom is 0.387 e. The minimum atomic E-state index is -2.86. The largest absolute Gasteiger partial charge is 0.434 e. The third-order valence-corrected chi connectivity index (χ3v) is 4.23. The van der Waals surface area contributed by atoms with E-state index in [0.29, 0.717) is 18.1 Å². The first-order chi connectivity index (χ1) is 12.1. The number of hydrogen-bond acceptors (Lipinski definition) is 4. The lowest BCUT2D eigenvalue weighted by Crippen LogP contribution is -2.44. The number of aliphatic imine (C=N–C) groups is 1. The molecule has 0 saturated carbocycles. The number of rotatable bonds is 7. The van der Waals surface area contributed by atoms with Crippen LogP contribution in [-0.4, -0.2) is 63.9 Å². The normalized spacial score (nSPS) is 16.1. The van der Waals surface area contributed by atoms with E-state index in [0.717, 1.165) is 43.9 Å². The highest BCUT2D eigenvalue weighted by Crippen LogP contribution is 2.24. The van der Waals surface area contributed by atoms with Gasteiger partial charge in [0.1, 0.15) is 5.75 Å². The Kier molecular flexibility index (Phi) is 8.36. The second kappa shape index (κ2) is 10.5. The summed E-state index contributed by atoms with van der Waals surface area (Å²) in [6, 6.07) is 4.92. The number of nitrogens with zero attached hydrogens (tertiary/aromatic N) is 2. The lowest BCUT2D eigenvalue weighted by Gasteiger charge is -2.26. The Hall–Kier alpha value is -1.45. The Bertz CT molecular complexity index is 569. The molecular formula is C16H23BrF2N4O2. The van der Waals surface area contributed by atoms with E-state index in [4.69, 9.17) is 4.74 Å². The molecule has 0 unspecified atom stereocenters. The van der Waals surface area contributed by atoms with E-state index in [-0.39, 0.29) is 5.75 Å². The molecule has 0 atom stereocenters. The van der Waals surface area contributed by atoms with Gasteiger partial charge in [-0.3, -0.25) is 9.89 Å². The van der Waals surface area contributed by atoms with Gasteiger partial charge in [0.15, 0.2) is 5.96 Å². The molecule has 0 amide bonds. The van der Waals surface area contributed by atoms with E-state index >= 15 is 0 Å². The van der Waals surface area contributed by atoms with E-state index in [1.165, 1.54) is 6.07 Å². The third-order valence-electron chi connectivity index (χ3n) is 3.73. The quantitative estimate of drug-likeness (QED) is 0.522. The maximum atomic E-state index is 12.5. The summed E-state index contributed by atoms with van der Waals surface area (Å²) < 4.78 is 35.7. The summed E-state index contributed by atoms with van der Waals surface area (Å²) in [5.74, 6) is 0.755. The van der Waals surface area contributed by atoms with Crippen molar-refractivity contribution in [3.8, 4) is 5.75 Å². The highest BCUT2D eigenvalue weighted by Gasteiger charge is 2.12. The van der Waals surface area contributed by atoms with Crippen LogP contribution < -0.4 is 15.4 Å². The molecule has 0 radical (unpaired) electrons. The second-order valence-corrected chi connectivity index (χ2v) is 6.35. The fourth-order valence-corrected chi connectivity index (χ4v) is 2.86. The van der Waals surface area contributed by atoms with Gasteiger partial charge in [-0.25, -0.2) is 0 Å². The van der Waals surface area contributed by atoms with Crippen LogP contribution in [0.1, 0.15) is 5.56 Å². The van der Waals surface area contributed by atoms with Crippen molar-refractivity contribution in [1.82, 2.24) is 15.5 Å². The van der Waals surface area contributed by atoms with Crippen LogP contribution in [0.2, 0.25) is 0 Å². The molecule has 1 aliphatic heterocycles. The van der Waals surface area contributed by atoms with Gasteiger partial charge in [-0.05, 0) is 18.2 Å². The van der Waals surface area contributed by atoms with Gasteiger partial charge >= 0.3 is 6.61 Å². The van der Waals surface area contributed by atoms with Crippen molar-refractivity contribution in [2.45, 2.75) is 13.2 Å². The molecule has 140 valence electrons. The van der Waals surface area contributed by atoms with Gasteiger partial charge in [-0.2, -0.15) is 8.78 Å².